The number of pyridine rings is 1. The van der Waals surface area contributed by atoms with Crippen LogP contribution >= 0.6 is 0 Å². The number of aliphatic hydroxyl groups is 1. The molecular formula is C61H77N13O7. The summed E-state index contributed by atoms with van der Waals surface area (Å²) in [4.78, 5) is 44.1. The fraction of sp³-hybridized carbons (Fsp3) is 0.525. The number of rotatable bonds is 17. The van der Waals surface area contributed by atoms with Gasteiger partial charge in [-0.25, -0.2) is 4.98 Å². The second-order valence-electron chi connectivity index (χ2n) is 23.9. The number of aryl methyl sites for hydroxylation is 1. The van der Waals surface area contributed by atoms with Crippen LogP contribution in [0.5, 0.6) is 11.6 Å². The first kappa shape index (κ1) is 54.3. The van der Waals surface area contributed by atoms with E-state index in [1.54, 1.807) is 18.3 Å². The van der Waals surface area contributed by atoms with Crippen molar-refractivity contribution in [3.05, 3.63) is 103 Å². The van der Waals surface area contributed by atoms with Crippen molar-refractivity contribution in [3.63, 3.8) is 0 Å². The molecule has 1 unspecified atom stereocenters. The number of nitrogens with zero attached hydrogens (tertiary/aromatic N) is 11. The number of hydrogen-bond donors (Lipinski definition) is 4. The number of phenolic OH excluding ortho intramolecular Hbond substituents is 1. The number of aromatic hydroxyl groups is 1. The molecule has 1 aliphatic carbocycles. The topological polar surface area (TPSA) is 230 Å². The van der Waals surface area contributed by atoms with Crippen LogP contribution in [0.1, 0.15) is 102 Å². The summed E-state index contributed by atoms with van der Waals surface area (Å²) in [6.45, 7) is 12.4. The predicted molar refractivity (Wildman–Crippen MR) is 308 cm³/mol. The van der Waals surface area contributed by atoms with E-state index in [9.17, 15) is 19.8 Å². The van der Waals surface area contributed by atoms with Gasteiger partial charge in [-0.3, -0.25) is 14.3 Å². The molecule has 6 fully saturated rings. The molecule has 4 aromatic heterocycles. The van der Waals surface area contributed by atoms with Crippen molar-refractivity contribution in [1.29, 1.82) is 0 Å². The van der Waals surface area contributed by atoms with Gasteiger partial charge in [0.2, 0.25) is 17.7 Å². The highest BCUT2D eigenvalue weighted by molar-refractivity contribution is 5.91. The van der Waals surface area contributed by atoms with Gasteiger partial charge in [0.25, 0.3) is 0 Å². The van der Waals surface area contributed by atoms with Crippen LogP contribution in [0.4, 0.5) is 23.0 Å². The Labute approximate surface area is 473 Å². The maximum Gasteiger partial charge on any atom is 0.243 e. The van der Waals surface area contributed by atoms with Gasteiger partial charge in [0.1, 0.15) is 23.8 Å². The van der Waals surface area contributed by atoms with Crippen LogP contribution in [0.2, 0.25) is 0 Å². The standard InChI is InChI=1S/C61H77N13O7/c1-37(2)58(61(78)73-36-45(75)28-53(73)60(77)65-38(3)40-9-11-41(12-10-40)51-16-22-64-69(51)4)55-32-56(68-81-55)71-25-17-39(18-26-71)33-70-23-19-46(20-24-70)79-47-29-48(30-47)80-57-27-42(15-21-63-57)74-43-13-14-44(74)35-72(34-43)52-31-50(66-67-59(52)62)49-7-5-6-8-54(49)76/h5-12,15-16,21-22,27,31-32,37-39,43-48,53,58,75-76H,13-14,17-20,23-26,28-30,33-36H2,1-4H3,(H2,62,67)(H,65,77)/t38-,43+,44?,45+,47?,48?,53-,58+/m0/s1. The molecule has 5 saturated heterocycles. The first-order chi connectivity index (χ1) is 39.3. The molecule has 20 heteroatoms. The minimum Gasteiger partial charge on any atom is -0.507 e. The van der Waals surface area contributed by atoms with Crippen molar-refractivity contribution in [3.8, 4) is 34.1 Å². The molecule has 5 N–H and O–H groups in total. The highest BCUT2D eigenvalue weighted by Crippen LogP contribution is 2.41. The Morgan fingerprint density at radius 1 is 0.815 bits per heavy atom. The maximum absolute atomic E-state index is 14.4. The molecule has 0 radical (unpaired) electrons. The Hall–Kier alpha value is -7.29. The van der Waals surface area contributed by atoms with Gasteiger partial charge in [0.15, 0.2) is 17.4 Å². The minimum atomic E-state index is -0.806. The normalized spacial score (nSPS) is 24.4. The fourth-order valence-corrected chi connectivity index (χ4v) is 13.5. The molecule has 2 amide bonds. The summed E-state index contributed by atoms with van der Waals surface area (Å²) in [5.41, 5.74) is 12.6. The smallest absolute Gasteiger partial charge is 0.243 e. The third-order valence-electron chi connectivity index (χ3n) is 18.0. The quantitative estimate of drug-likeness (QED) is 0.0723. The van der Waals surface area contributed by atoms with Gasteiger partial charge < -0.3 is 59.8 Å². The van der Waals surface area contributed by atoms with E-state index in [0.717, 1.165) is 131 Å². The number of likely N-dealkylation sites (tertiary alicyclic amines) is 2. The summed E-state index contributed by atoms with van der Waals surface area (Å²) < 4.78 is 20.9. The number of nitrogens with two attached hydrogens (primary N) is 1. The summed E-state index contributed by atoms with van der Waals surface area (Å²) in [5.74, 6) is 1.70. The summed E-state index contributed by atoms with van der Waals surface area (Å²) in [7, 11) is 1.90. The van der Waals surface area contributed by atoms with Crippen molar-refractivity contribution in [1.82, 2.24) is 45.2 Å². The first-order valence-electron chi connectivity index (χ1n) is 29.3. The molecule has 1 saturated carbocycles. The number of fused-ring (bicyclic) bond motifs is 2. The zero-order valence-corrected chi connectivity index (χ0v) is 47.0. The van der Waals surface area contributed by atoms with Gasteiger partial charge in [0, 0.05) is 127 Å². The van der Waals surface area contributed by atoms with Crippen molar-refractivity contribution >= 4 is 34.8 Å². The lowest BCUT2D eigenvalue weighted by molar-refractivity contribution is -0.141. The van der Waals surface area contributed by atoms with Crippen LogP contribution in [0.25, 0.3) is 22.5 Å². The molecule has 6 aliphatic rings. The van der Waals surface area contributed by atoms with Crippen molar-refractivity contribution in [2.45, 2.75) is 133 Å². The fourth-order valence-electron chi connectivity index (χ4n) is 13.5. The number of ether oxygens (including phenoxy) is 2. The van der Waals surface area contributed by atoms with Gasteiger partial charge in [0.05, 0.1) is 41.4 Å². The molecule has 81 heavy (non-hydrogen) atoms. The molecule has 2 aromatic carbocycles. The second-order valence-corrected chi connectivity index (χ2v) is 23.9. The number of para-hydroxylation sites is 1. The van der Waals surface area contributed by atoms with E-state index in [1.165, 1.54) is 4.90 Å². The number of piperazine rings is 1. The van der Waals surface area contributed by atoms with Crippen molar-refractivity contribution in [2.24, 2.45) is 18.9 Å². The Balaban J connectivity index is 0.564. The van der Waals surface area contributed by atoms with Crippen LogP contribution in [-0.2, 0) is 21.4 Å². The molecule has 6 aromatic rings. The van der Waals surface area contributed by atoms with Gasteiger partial charge >= 0.3 is 0 Å². The number of anilines is 4. The number of piperidine rings is 2. The van der Waals surface area contributed by atoms with Crippen LogP contribution in [0.3, 0.4) is 0 Å². The molecule has 9 heterocycles. The Kier molecular flexibility index (Phi) is 15.6. The highest BCUT2D eigenvalue weighted by atomic mass is 16.5. The summed E-state index contributed by atoms with van der Waals surface area (Å²) in [5, 5.41) is 41.7. The monoisotopic (exact) mass is 1100 g/mol. The van der Waals surface area contributed by atoms with Crippen LogP contribution in [0, 0.1) is 11.8 Å². The highest BCUT2D eigenvalue weighted by Gasteiger charge is 2.45. The number of amides is 2. The third kappa shape index (κ3) is 11.6. The van der Waals surface area contributed by atoms with Gasteiger partial charge in [-0.1, -0.05) is 55.4 Å². The average molecular weight is 1100 g/mol. The van der Waals surface area contributed by atoms with E-state index in [-0.39, 0.29) is 60.8 Å². The molecule has 5 aliphatic heterocycles. The zero-order valence-electron chi connectivity index (χ0n) is 47.0. The molecule has 6 atom stereocenters. The lowest BCUT2D eigenvalue weighted by atomic mass is 9.91. The molecule has 428 valence electrons. The Morgan fingerprint density at radius 2 is 1.57 bits per heavy atom. The van der Waals surface area contributed by atoms with Gasteiger partial charge in [-0.15, -0.1) is 10.2 Å². The van der Waals surface area contributed by atoms with Crippen molar-refractivity contribution < 1.29 is 33.8 Å². The SMILES string of the molecule is CC(C)[C@@H](C(=O)N1C[C@H](O)C[C@H]1C(=O)N[C@@H](C)c1ccc(-c2ccnn2C)cc1)c1cc(N2CCC(CN3CCC(OC4CC(Oc5cc(N6C7CC[C@@H]6CN(c6cc(-c8ccccc8O)nnc6N)C7)ccn5)C4)CC3)CC2)no1. The zero-order chi connectivity index (χ0) is 55.9. The number of benzene rings is 2. The van der Waals surface area contributed by atoms with E-state index in [1.807, 2.05) is 93.3 Å². The number of aromatic nitrogens is 6. The van der Waals surface area contributed by atoms with Crippen LogP contribution < -0.4 is 30.5 Å². The Morgan fingerprint density at radius 3 is 2.28 bits per heavy atom. The molecule has 12 rings (SSSR count). The average Bonchev–Trinajstić information content (AvgIpc) is 4.30. The maximum atomic E-state index is 14.4. The number of nitrogens with one attached hydrogen (secondary N) is 1. The third-order valence-corrected chi connectivity index (χ3v) is 18.0. The lowest BCUT2D eigenvalue weighted by Crippen LogP contribution is -2.54. The summed E-state index contributed by atoms with van der Waals surface area (Å²) in [6.07, 6.45) is 11.6. The van der Waals surface area contributed by atoms with E-state index in [2.05, 4.69) is 62.5 Å². The van der Waals surface area contributed by atoms with E-state index < -0.39 is 18.1 Å². The number of hydrogen-bond acceptors (Lipinski definition) is 17. The molecule has 2 bridgehead atoms. The van der Waals surface area contributed by atoms with E-state index in [4.69, 9.17) is 19.7 Å². The van der Waals surface area contributed by atoms with Gasteiger partial charge in [-0.05, 0) is 98.7 Å². The minimum absolute atomic E-state index is 0.0810. The van der Waals surface area contributed by atoms with Crippen LogP contribution in [-0.4, -0.2) is 157 Å². The predicted octanol–water partition coefficient (Wildman–Crippen LogP) is 6.96. The van der Waals surface area contributed by atoms with E-state index in [0.29, 0.717) is 46.7 Å². The number of nitrogen functional groups attached to an aromatic ring is 1. The number of β-amino-alcohol motifs (C(OH)–C–C–N with tert-alkyl or cyclic N) is 1. The van der Waals surface area contributed by atoms with E-state index >= 15 is 0 Å². The second kappa shape index (κ2) is 23.3. The van der Waals surface area contributed by atoms with Gasteiger partial charge in [-0.2, -0.15) is 5.10 Å². The van der Waals surface area contributed by atoms with Crippen LogP contribution in [0.15, 0.2) is 95.8 Å². The Bertz CT molecular complexity index is 3130. The number of aliphatic hydroxyl groups excluding tert-OH is 1. The number of carbonyl (C=O) groups is 2. The number of phenols is 1. The number of carbonyl (C=O) groups excluding carboxylic acids is 2. The largest absolute Gasteiger partial charge is 0.507 e. The molecule has 0 spiro atoms. The molecule has 20 nitrogen and oxygen atoms in total. The van der Waals surface area contributed by atoms with Crippen molar-refractivity contribution in [2.75, 3.05) is 72.8 Å². The lowest BCUT2D eigenvalue weighted by Gasteiger charge is -2.43. The summed E-state index contributed by atoms with van der Waals surface area (Å²) in [6, 6.07) is 24.7. The molecular weight excluding hydrogens is 1030 g/mol. The summed E-state index contributed by atoms with van der Waals surface area (Å²) >= 11 is 0. The first-order valence-corrected chi connectivity index (χ1v) is 29.3.